The summed E-state index contributed by atoms with van der Waals surface area (Å²) in [7, 11) is 0. The van der Waals surface area contributed by atoms with Crippen LogP contribution in [0.1, 0.15) is 24.5 Å². The smallest absolute Gasteiger partial charge is 0.326 e. The lowest BCUT2D eigenvalue weighted by Gasteiger charge is -2.25. The fraction of sp³-hybridized carbons (Fsp3) is 0.412. The van der Waals surface area contributed by atoms with E-state index in [0.29, 0.717) is 23.4 Å². The average Bonchev–Trinajstić information content (AvgIpc) is 2.91. The maximum atomic E-state index is 12.2. The molecule has 1 saturated heterocycles. The van der Waals surface area contributed by atoms with Gasteiger partial charge in [0.05, 0.1) is 11.6 Å². The van der Waals surface area contributed by atoms with E-state index in [9.17, 15) is 19.5 Å². The molecule has 0 aromatic heterocycles. The second-order valence-corrected chi connectivity index (χ2v) is 6.99. The van der Waals surface area contributed by atoms with E-state index in [1.807, 2.05) is 6.07 Å². The van der Waals surface area contributed by atoms with Gasteiger partial charge in [0.2, 0.25) is 5.91 Å². The van der Waals surface area contributed by atoms with Crippen LogP contribution in [0.15, 0.2) is 24.3 Å². The van der Waals surface area contributed by atoms with Gasteiger partial charge in [0.15, 0.2) is 5.12 Å². The molecule has 0 spiro atoms. The summed E-state index contributed by atoms with van der Waals surface area (Å²) in [6.07, 6.45) is 0.422. The van der Waals surface area contributed by atoms with Crippen molar-refractivity contribution in [1.29, 1.82) is 5.26 Å². The average molecular weight is 346 g/mol. The minimum absolute atomic E-state index is 0.0102. The highest BCUT2D eigenvalue weighted by molar-refractivity contribution is 8.13. The first-order valence-corrected chi connectivity index (χ1v) is 8.54. The zero-order chi connectivity index (χ0) is 17.7. The van der Waals surface area contributed by atoms with Gasteiger partial charge in [0, 0.05) is 32.1 Å². The van der Waals surface area contributed by atoms with E-state index >= 15 is 0 Å². The molecule has 1 unspecified atom stereocenters. The number of aliphatic carboxylic acids is 1. The fourth-order valence-corrected chi connectivity index (χ4v) is 3.47. The zero-order valence-corrected chi connectivity index (χ0v) is 14.1. The Labute approximate surface area is 144 Å². The third-order valence-electron chi connectivity index (χ3n) is 3.91. The predicted molar refractivity (Wildman–Crippen MR) is 89.2 cm³/mol. The van der Waals surface area contributed by atoms with Crippen LogP contribution >= 0.6 is 11.8 Å². The molecule has 126 valence electrons. The Morgan fingerprint density at radius 1 is 1.50 bits per heavy atom. The van der Waals surface area contributed by atoms with Crippen molar-refractivity contribution < 1.29 is 19.5 Å². The first-order valence-electron chi connectivity index (χ1n) is 7.55. The van der Waals surface area contributed by atoms with Gasteiger partial charge in [-0.25, -0.2) is 4.79 Å². The minimum Gasteiger partial charge on any atom is -0.480 e. The van der Waals surface area contributed by atoms with Gasteiger partial charge in [-0.15, -0.1) is 0 Å². The number of hydrogen-bond donors (Lipinski definition) is 1. The van der Waals surface area contributed by atoms with Crippen molar-refractivity contribution in [2.45, 2.75) is 25.8 Å². The van der Waals surface area contributed by atoms with Crippen LogP contribution < -0.4 is 0 Å². The Kier molecular flexibility index (Phi) is 5.99. The molecule has 6 nitrogen and oxygen atoms in total. The van der Waals surface area contributed by atoms with E-state index in [-0.39, 0.29) is 29.8 Å². The number of carbonyl (C=O) groups is 3. The monoisotopic (exact) mass is 346 g/mol. The fourth-order valence-electron chi connectivity index (χ4n) is 2.78. The second-order valence-electron chi connectivity index (χ2n) is 5.79. The molecule has 2 atom stereocenters. The zero-order valence-electron chi connectivity index (χ0n) is 13.3. The van der Waals surface area contributed by atoms with Gasteiger partial charge in [0.1, 0.15) is 6.04 Å². The van der Waals surface area contributed by atoms with Crippen molar-refractivity contribution in [2.24, 2.45) is 5.92 Å². The van der Waals surface area contributed by atoms with Crippen molar-refractivity contribution in [3.05, 3.63) is 35.4 Å². The van der Waals surface area contributed by atoms with Crippen LogP contribution in [0.4, 0.5) is 0 Å². The number of carboxylic acid groups (broad SMARTS) is 1. The molecule has 7 heteroatoms. The highest BCUT2D eigenvalue weighted by Crippen LogP contribution is 2.25. The molecule has 0 saturated carbocycles. The Balaban J connectivity index is 2.10. The maximum Gasteiger partial charge on any atom is 0.326 e. The van der Waals surface area contributed by atoms with Crippen LogP contribution in [-0.2, 0) is 20.8 Å². The maximum absolute atomic E-state index is 12.2. The first-order chi connectivity index (χ1) is 11.4. The van der Waals surface area contributed by atoms with Gasteiger partial charge in [-0.2, -0.15) is 5.26 Å². The van der Waals surface area contributed by atoms with E-state index in [0.717, 1.165) is 11.8 Å². The summed E-state index contributed by atoms with van der Waals surface area (Å²) in [4.78, 5) is 36.3. The third-order valence-corrected chi connectivity index (χ3v) is 4.95. The third kappa shape index (κ3) is 4.59. The van der Waals surface area contributed by atoms with Crippen molar-refractivity contribution >= 4 is 28.8 Å². The first kappa shape index (κ1) is 18.0. The number of likely N-dealkylation sites (tertiary alicyclic amines) is 1. The van der Waals surface area contributed by atoms with Gasteiger partial charge >= 0.3 is 5.97 Å². The molecule has 1 aromatic rings. The van der Waals surface area contributed by atoms with Crippen LogP contribution in [0, 0.1) is 17.2 Å². The van der Waals surface area contributed by atoms with Crippen LogP contribution in [0.2, 0.25) is 0 Å². The molecule has 1 aliphatic heterocycles. The molecule has 1 amide bonds. The van der Waals surface area contributed by atoms with Gasteiger partial charge < -0.3 is 10.0 Å². The summed E-state index contributed by atoms with van der Waals surface area (Å²) >= 11 is 1.16. The molecule has 1 aromatic carbocycles. The SMILES string of the molecule is CC(=O)SCC1CC(=O)N([C@@H](Cc2cccc(C#N)c2)C(=O)O)C1. The molecule has 1 heterocycles. The quantitative estimate of drug-likeness (QED) is 0.841. The van der Waals surface area contributed by atoms with E-state index in [1.54, 1.807) is 24.3 Å². The van der Waals surface area contributed by atoms with Crippen LogP contribution in [0.25, 0.3) is 0 Å². The van der Waals surface area contributed by atoms with Crippen molar-refractivity contribution in [3.8, 4) is 6.07 Å². The molecule has 1 fully saturated rings. The number of rotatable bonds is 6. The van der Waals surface area contributed by atoms with Crippen molar-refractivity contribution in [3.63, 3.8) is 0 Å². The predicted octanol–water partition coefficient (Wildman–Crippen LogP) is 1.68. The van der Waals surface area contributed by atoms with Crippen LogP contribution in [-0.4, -0.2) is 45.3 Å². The number of thioether (sulfide) groups is 1. The standard InChI is InChI=1S/C17H18N2O4S/c1-11(20)24-10-14-7-16(21)19(9-14)15(17(22)23)6-12-3-2-4-13(5-12)8-18/h2-5,14-15H,6-7,9-10H2,1H3,(H,22,23)/t14?,15-/m0/s1. The Morgan fingerprint density at radius 2 is 2.25 bits per heavy atom. The number of benzene rings is 1. The molecule has 24 heavy (non-hydrogen) atoms. The highest BCUT2D eigenvalue weighted by atomic mass is 32.2. The lowest BCUT2D eigenvalue weighted by molar-refractivity contribution is -0.148. The number of amides is 1. The number of carbonyl (C=O) groups excluding carboxylic acids is 2. The van der Waals surface area contributed by atoms with Crippen LogP contribution in [0.5, 0.6) is 0 Å². The normalized spacial score (nSPS) is 18.2. The Morgan fingerprint density at radius 3 is 2.88 bits per heavy atom. The van der Waals surface area contributed by atoms with Gasteiger partial charge in [-0.05, 0) is 23.6 Å². The summed E-state index contributed by atoms with van der Waals surface area (Å²) in [6, 6.07) is 7.80. The summed E-state index contributed by atoms with van der Waals surface area (Å²) < 4.78 is 0. The van der Waals surface area contributed by atoms with Gasteiger partial charge in [0.25, 0.3) is 0 Å². The van der Waals surface area contributed by atoms with E-state index in [2.05, 4.69) is 0 Å². The molecule has 0 bridgehead atoms. The number of nitrogens with zero attached hydrogens (tertiary/aromatic N) is 2. The molecule has 1 N–H and O–H groups in total. The van der Waals surface area contributed by atoms with Gasteiger partial charge in [-0.1, -0.05) is 23.9 Å². The molecular weight excluding hydrogens is 328 g/mol. The van der Waals surface area contributed by atoms with Crippen LogP contribution in [0.3, 0.4) is 0 Å². The van der Waals surface area contributed by atoms with Gasteiger partial charge in [-0.3, -0.25) is 9.59 Å². The summed E-state index contributed by atoms with van der Waals surface area (Å²) in [6.45, 7) is 1.81. The van der Waals surface area contributed by atoms with E-state index < -0.39 is 12.0 Å². The topological polar surface area (TPSA) is 98.5 Å². The number of carboxylic acids is 1. The van der Waals surface area contributed by atoms with E-state index in [4.69, 9.17) is 5.26 Å². The summed E-state index contributed by atoms with van der Waals surface area (Å²) in [5, 5.41) is 18.5. The Hall–Kier alpha value is -2.33. The minimum atomic E-state index is -1.06. The number of nitriles is 1. The van der Waals surface area contributed by atoms with Crippen molar-refractivity contribution in [2.75, 3.05) is 12.3 Å². The molecule has 2 rings (SSSR count). The van der Waals surface area contributed by atoms with Crippen molar-refractivity contribution in [1.82, 2.24) is 4.90 Å². The largest absolute Gasteiger partial charge is 0.480 e. The lowest BCUT2D eigenvalue weighted by atomic mass is 10.0. The number of hydrogen-bond acceptors (Lipinski definition) is 5. The Bertz CT molecular complexity index is 698. The summed E-state index contributed by atoms with van der Waals surface area (Å²) in [5.41, 5.74) is 1.16. The highest BCUT2D eigenvalue weighted by Gasteiger charge is 2.37. The summed E-state index contributed by atoms with van der Waals surface area (Å²) in [5.74, 6) is -0.759. The molecular formula is C17H18N2O4S. The lowest BCUT2D eigenvalue weighted by Crippen LogP contribution is -2.43. The molecule has 1 aliphatic rings. The second kappa shape index (κ2) is 7.97. The molecule has 0 aliphatic carbocycles. The van der Waals surface area contributed by atoms with E-state index in [1.165, 1.54) is 11.8 Å². The molecule has 0 radical (unpaired) electrons.